The van der Waals surface area contributed by atoms with E-state index in [0.717, 1.165) is 27.9 Å². The van der Waals surface area contributed by atoms with E-state index in [9.17, 15) is 10.2 Å². The summed E-state index contributed by atoms with van der Waals surface area (Å²) in [4.78, 5) is 6.94. The fourth-order valence-corrected chi connectivity index (χ4v) is 4.25. The van der Waals surface area contributed by atoms with Crippen molar-refractivity contribution in [3.05, 3.63) is 54.2 Å². The molecule has 4 aromatic rings. The van der Waals surface area contributed by atoms with Gasteiger partial charge >= 0.3 is 0 Å². The van der Waals surface area contributed by atoms with Crippen LogP contribution in [0.3, 0.4) is 0 Å². The highest BCUT2D eigenvalue weighted by Crippen LogP contribution is 2.29. The standard InChI is InChI=1S/C24H27N5O3/c1-14(2)32-21-6-4-5-16-7-9-18(25-23(16)21)24-27-26-22-10-8-17(11-29(22)24)15(3)28-12-19(30)20(31)13-28/h4-11,14-15,19-20,30-31H,12-13H2,1-3H3/t15-,19+,20+/m0/s1. The number of rotatable bonds is 5. The highest BCUT2D eigenvalue weighted by atomic mass is 16.5. The quantitative estimate of drug-likeness (QED) is 0.500. The zero-order valence-electron chi connectivity index (χ0n) is 18.4. The first-order valence-corrected chi connectivity index (χ1v) is 10.9. The molecular formula is C24H27N5O3. The van der Waals surface area contributed by atoms with Crippen LogP contribution in [0.25, 0.3) is 28.1 Å². The Hall–Kier alpha value is -3.07. The number of para-hydroxylation sites is 1. The molecule has 8 nitrogen and oxygen atoms in total. The van der Waals surface area contributed by atoms with Gasteiger partial charge in [-0.2, -0.15) is 0 Å². The molecule has 32 heavy (non-hydrogen) atoms. The fourth-order valence-electron chi connectivity index (χ4n) is 4.25. The van der Waals surface area contributed by atoms with Crippen molar-refractivity contribution in [3.8, 4) is 17.3 Å². The minimum atomic E-state index is -0.712. The number of fused-ring (bicyclic) bond motifs is 2. The Morgan fingerprint density at radius 1 is 0.969 bits per heavy atom. The lowest BCUT2D eigenvalue weighted by molar-refractivity contribution is 0.0572. The molecule has 0 unspecified atom stereocenters. The fraction of sp³-hybridized carbons (Fsp3) is 0.375. The van der Waals surface area contributed by atoms with E-state index in [-0.39, 0.29) is 12.1 Å². The zero-order valence-corrected chi connectivity index (χ0v) is 18.4. The molecule has 0 spiro atoms. The Labute approximate surface area is 186 Å². The molecule has 4 heterocycles. The van der Waals surface area contributed by atoms with Crippen molar-refractivity contribution in [2.45, 2.75) is 45.1 Å². The molecule has 1 aliphatic heterocycles. The molecule has 0 aliphatic carbocycles. The Kier molecular flexibility index (Phi) is 5.28. The average Bonchev–Trinajstić information content (AvgIpc) is 3.35. The monoisotopic (exact) mass is 433 g/mol. The van der Waals surface area contributed by atoms with Crippen LogP contribution in [0, 0.1) is 0 Å². The third kappa shape index (κ3) is 3.70. The van der Waals surface area contributed by atoms with Crippen LogP contribution in [-0.2, 0) is 0 Å². The third-order valence-electron chi connectivity index (χ3n) is 6.02. The summed E-state index contributed by atoms with van der Waals surface area (Å²) >= 11 is 0. The van der Waals surface area contributed by atoms with Crippen LogP contribution in [0.4, 0.5) is 0 Å². The summed E-state index contributed by atoms with van der Waals surface area (Å²) in [6.07, 6.45) is 0.632. The lowest BCUT2D eigenvalue weighted by atomic mass is 10.1. The molecule has 8 heteroatoms. The number of pyridine rings is 2. The molecule has 166 valence electrons. The molecule has 3 aromatic heterocycles. The van der Waals surface area contributed by atoms with Crippen LogP contribution < -0.4 is 4.74 Å². The van der Waals surface area contributed by atoms with Crippen LogP contribution in [0.1, 0.15) is 32.4 Å². The highest BCUT2D eigenvalue weighted by molar-refractivity contribution is 5.86. The van der Waals surface area contributed by atoms with Gasteiger partial charge in [0.2, 0.25) is 0 Å². The number of likely N-dealkylation sites (tertiary alicyclic amines) is 1. The maximum Gasteiger partial charge on any atom is 0.187 e. The number of nitrogens with zero attached hydrogens (tertiary/aromatic N) is 5. The molecule has 0 saturated carbocycles. The summed E-state index contributed by atoms with van der Waals surface area (Å²) in [6.45, 7) is 6.95. The minimum absolute atomic E-state index is 0.0251. The van der Waals surface area contributed by atoms with Gasteiger partial charge in [0.15, 0.2) is 11.5 Å². The summed E-state index contributed by atoms with van der Waals surface area (Å²) in [6, 6.07) is 13.8. The van der Waals surface area contributed by atoms with Gasteiger partial charge in [0, 0.05) is 30.7 Å². The summed E-state index contributed by atoms with van der Waals surface area (Å²) in [5.74, 6) is 1.39. The lowest BCUT2D eigenvalue weighted by Crippen LogP contribution is -2.25. The van der Waals surface area contributed by atoms with Crippen molar-refractivity contribution in [2.75, 3.05) is 13.1 Å². The summed E-state index contributed by atoms with van der Waals surface area (Å²) in [5, 5.41) is 29.6. The van der Waals surface area contributed by atoms with Gasteiger partial charge in [0.25, 0.3) is 0 Å². The average molecular weight is 434 g/mol. The van der Waals surface area contributed by atoms with E-state index in [1.54, 1.807) is 0 Å². The Bertz CT molecular complexity index is 1260. The van der Waals surface area contributed by atoms with Gasteiger partial charge in [0.05, 0.1) is 18.3 Å². The smallest absolute Gasteiger partial charge is 0.187 e. The molecule has 1 aliphatic rings. The molecule has 0 amide bonds. The first kappa shape index (κ1) is 20.8. The molecule has 3 atom stereocenters. The maximum atomic E-state index is 9.92. The Balaban J connectivity index is 1.55. The van der Waals surface area contributed by atoms with E-state index in [0.29, 0.717) is 24.6 Å². The van der Waals surface area contributed by atoms with Crippen LogP contribution in [0.2, 0.25) is 0 Å². The molecule has 0 radical (unpaired) electrons. The topological polar surface area (TPSA) is 96.0 Å². The van der Waals surface area contributed by atoms with Crippen molar-refractivity contribution in [1.82, 2.24) is 24.5 Å². The summed E-state index contributed by atoms with van der Waals surface area (Å²) in [7, 11) is 0. The Morgan fingerprint density at radius 3 is 2.50 bits per heavy atom. The number of ether oxygens (including phenoxy) is 1. The van der Waals surface area contributed by atoms with Crippen LogP contribution in [-0.4, -0.2) is 66.1 Å². The number of aliphatic hydroxyl groups is 2. The van der Waals surface area contributed by atoms with Gasteiger partial charge < -0.3 is 14.9 Å². The van der Waals surface area contributed by atoms with Crippen molar-refractivity contribution in [3.63, 3.8) is 0 Å². The molecule has 1 fully saturated rings. The predicted octanol–water partition coefficient (Wildman–Crippen LogP) is 2.83. The number of hydrogen-bond donors (Lipinski definition) is 2. The predicted molar refractivity (Wildman–Crippen MR) is 121 cm³/mol. The van der Waals surface area contributed by atoms with E-state index in [1.165, 1.54) is 0 Å². The normalized spacial score (nSPS) is 20.4. The zero-order chi connectivity index (χ0) is 22.4. The lowest BCUT2D eigenvalue weighted by Gasteiger charge is -2.24. The van der Waals surface area contributed by atoms with Gasteiger partial charge in [-0.1, -0.05) is 24.3 Å². The maximum absolute atomic E-state index is 9.92. The molecule has 5 rings (SSSR count). The second kappa shape index (κ2) is 8.12. The summed E-state index contributed by atoms with van der Waals surface area (Å²) in [5.41, 5.74) is 3.28. The first-order valence-electron chi connectivity index (χ1n) is 10.9. The molecule has 0 bridgehead atoms. The van der Waals surface area contributed by atoms with E-state index in [4.69, 9.17) is 9.72 Å². The number of benzene rings is 1. The minimum Gasteiger partial charge on any atom is -0.489 e. The van der Waals surface area contributed by atoms with Crippen LogP contribution in [0.5, 0.6) is 5.75 Å². The van der Waals surface area contributed by atoms with E-state index < -0.39 is 12.2 Å². The van der Waals surface area contributed by atoms with Crippen molar-refractivity contribution < 1.29 is 14.9 Å². The van der Waals surface area contributed by atoms with E-state index in [2.05, 4.69) is 22.0 Å². The SMILES string of the molecule is CC(C)Oc1cccc2ccc(-c3nnc4ccc([C@H](C)N5C[C@@H](O)[C@H](O)C5)cn34)nc12. The Morgan fingerprint density at radius 2 is 1.75 bits per heavy atom. The third-order valence-corrected chi connectivity index (χ3v) is 6.02. The largest absolute Gasteiger partial charge is 0.489 e. The second-order valence-corrected chi connectivity index (χ2v) is 8.67. The van der Waals surface area contributed by atoms with Crippen molar-refractivity contribution in [1.29, 1.82) is 0 Å². The van der Waals surface area contributed by atoms with E-state index >= 15 is 0 Å². The van der Waals surface area contributed by atoms with Gasteiger partial charge in [-0.3, -0.25) is 9.30 Å². The van der Waals surface area contributed by atoms with Crippen LogP contribution >= 0.6 is 0 Å². The first-order chi connectivity index (χ1) is 15.4. The molecule has 1 saturated heterocycles. The van der Waals surface area contributed by atoms with Gasteiger partial charge in [-0.25, -0.2) is 4.98 Å². The molecule has 2 N–H and O–H groups in total. The molecule has 1 aromatic carbocycles. The van der Waals surface area contributed by atoms with Crippen molar-refractivity contribution >= 4 is 16.6 Å². The second-order valence-electron chi connectivity index (χ2n) is 8.67. The highest BCUT2D eigenvalue weighted by Gasteiger charge is 2.32. The van der Waals surface area contributed by atoms with Gasteiger partial charge in [-0.15, -0.1) is 10.2 Å². The van der Waals surface area contributed by atoms with Gasteiger partial charge in [-0.05, 0) is 44.5 Å². The number of β-amino-alcohol motifs (C(OH)–C–C–N with tert-alkyl or cyclic N) is 2. The number of aliphatic hydroxyl groups excluding tert-OH is 2. The van der Waals surface area contributed by atoms with Gasteiger partial charge in [0.1, 0.15) is 17.0 Å². The van der Waals surface area contributed by atoms with E-state index in [1.807, 2.05) is 66.9 Å². The number of aromatic nitrogens is 4. The molecular weight excluding hydrogens is 406 g/mol. The number of hydrogen-bond acceptors (Lipinski definition) is 7. The van der Waals surface area contributed by atoms with Crippen LogP contribution in [0.15, 0.2) is 48.7 Å². The van der Waals surface area contributed by atoms with Crippen molar-refractivity contribution in [2.24, 2.45) is 0 Å². The summed E-state index contributed by atoms with van der Waals surface area (Å²) < 4.78 is 7.90.